The number of carbonyl (C=O) groups is 2. The number of hydrogen-bond acceptors (Lipinski definition) is 3. The van der Waals surface area contributed by atoms with E-state index in [2.05, 4.69) is 5.32 Å². The molecule has 0 spiro atoms. The average Bonchev–Trinajstić information content (AvgIpc) is 3.37. The highest BCUT2D eigenvalue weighted by Crippen LogP contribution is 2.36. The van der Waals surface area contributed by atoms with E-state index in [-0.39, 0.29) is 6.61 Å². The molecule has 0 bridgehead atoms. The Hall–Kier alpha value is -3.64. The number of imide groups is 1. The Balaban J connectivity index is 1.81. The molecule has 1 aliphatic heterocycles. The minimum absolute atomic E-state index is 0.0867. The van der Waals surface area contributed by atoms with Gasteiger partial charge in [-0.05, 0) is 31.0 Å². The van der Waals surface area contributed by atoms with Crippen molar-refractivity contribution in [2.45, 2.75) is 19.9 Å². The van der Waals surface area contributed by atoms with Crippen molar-refractivity contribution in [2.24, 2.45) is 0 Å². The summed E-state index contributed by atoms with van der Waals surface area (Å²) in [4.78, 5) is 25.8. The van der Waals surface area contributed by atoms with Crippen molar-refractivity contribution in [1.82, 2.24) is 14.5 Å². The lowest BCUT2D eigenvalue weighted by molar-refractivity contribution is -0.122. The van der Waals surface area contributed by atoms with E-state index in [9.17, 15) is 14.7 Å². The van der Waals surface area contributed by atoms with Crippen LogP contribution in [-0.4, -0.2) is 32.7 Å². The van der Waals surface area contributed by atoms with E-state index < -0.39 is 11.8 Å². The first-order valence-electron chi connectivity index (χ1n) is 9.96. The Morgan fingerprint density at radius 3 is 2.37 bits per heavy atom. The third kappa shape index (κ3) is 2.69. The summed E-state index contributed by atoms with van der Waals surface area (Å²) in [5.41, 5.74) is 4.33. The highest BCUT2D eigenvalue weighted by molar-refractivity contribution is 6.47. The Bertz CT molecular complexity index is 1360. The molecule has 0 aliphatic carbocycles. The lowest BCUT2D eigenvalue weighted by Crippen LogP contribution is -2.23. The summed E-state index contributed by atoms with van der Waals surface area (Å²) < 4.78 is 3.85. The molecule has 30 heavy (non-hydrogen) atoms. The molecule has 4 aromatic rings. The molecule has 150 valence electrons. The van der Waals surface area contributed by atoms with Crippen LogP contribution in [0.25, 0.3) is 33.1 Å². The Morgan fingerprint density at radius 1 is 0.900 bits per heavy atom. The molecule has 6 nitrogen and oxygen atoms in total. The molecule has 0 radical (unpaired) electrons. The molecule has 2 N–H and O–H groups in total. The second-order valence-electron chi connectivity index (χ2n) is 7.54. The quantitative estimate of drug-likeness (QED) is 0.506. The molecule has 1 aliphatic rings. The number of carbonyl (C=O) groups excluding carboxylic acids is 2. The van der Waals surface area contributed by atoms with Crippen LogP contribution >= 0.6 is 0 Å². The Kier molecular flexibility index (Phi) is 4.29. The summed E-state index contributed by atoms with van der Waals surface area (Å²) in [6, 6.07) is 15.7. The van der Waals surface area contributed by atoms with E-state index in [0.717, 1.165) is 32.9 Å². The molecule has 0 fully saturated rings. The normalized spacial score (nSPS) is 14.3. The monoisotopic (exact) mass is 399 g/mol. The maximum absolute atomic E-state index is 12.9. The second-order valence-corrected chi connectivity index (χ2v) is 7.54. The average molecular weight is 399 g/mol. The maximum atomic E-state index is 12.9. The van der Waals surface area contributed by atoms with Gasteiger partial charge in [-0.15, -0.1) is 0 Å². The van der Waals surface area contributed by atoms with Gasteiger partial charge in [0.1, 0.15) is 5.70 Å². The predicted octanol–water partition coefficient (Wildman–Crippen LogP) is 3.31. The number of fused-ring (bicyclic) bond motifs is 2. The lowest BCUT2D eigenvalue weighted by atomic mass is 10.0. The van der Waals surface area contributed by atoms with Crippen molar-refractivity contribution in [3.63, 3.8) is 0 Å². The van der Waals surface area contributed by atoms with E-state index in [0.29, 0.717) is 24.2 Å². The van der Waals surface area contributed by atoms with Crippen molar-refractivity contribution in [2.75, 3.05) is 6.61 Å². The van der Waals surface area contributed by atoms with Gasteiger partial charge in [0.15, 0.2) is 0 Å². The van der Waals surface area contributed by atoms with Crippen molar-refractivity contribution >= 4 is 44.9 Å². The molecule has 0 unspecified atom stereocenters. The Labute approximate surface area is 173 Å². The number of aryl methyl sites for hydroxylation is 2. The number of nitrogens with one attached hydrogen (secondary N) is 1. The van der Waals surface area contributed by atoms with Crippen LogP contribution in [-0.2, 0) is 16.1 Å². The molecule has 0 saturated heterocycles. The minimum Gasteiger partial charge on any atom is -0.396 e. The number of rotatable bonds is 5. The van der Waals surface area contributed by atoms with Crippen LogP contribution in [0.15, 0.2) is 60.9 Å². The smallest absolute Gasteiger partial charge is 0.275 e. The number of hydrogen-bond donors (Lipinski definition) is 2. The van der Waals surface area contributed by atoms with E-state index >= 15 is 0 Å². The minimum atomic E-state index is -0.400. The summed E-state index contributed by atoms with van der Waals surface area (Å²) in [6.45, 7) is 2.71. The molecule has 6 heteroatoms. The maximum Gasteiger partial charge on any atom is 0.275 e. The summed E-state index contributed by atoms with van der Waals surface area (Å²) in [6.07, 6.45) is 4.42. The van der Waals surface area contributed by atoms with Gasteiger partial charge >= 0.3 is 0 Å². The van der Waals surface area contributed by atoms with Crippen LogP contribution in [0.3, 0.4) is 0 Å². The fourth-order valence-corrected chi connectivity index (χ4v) is 4.33. The van der Waals surface area contributed by atoms with Gasteiger partial charge in [-0.3, -0.25) is 14.9 Å². The summed E-state index contributed by atoms with van der Waals surface area (Å²) >= 11 is 0. The van der Waals surface area contributed by atoms with Crippen molar-refractivity contribution in [3.05, 3.63) is 72.1 Å². The van der Waals surface area contributed by atoms with Crippen LogP contribution in [0.4, 0.5) is 0 Å². The van der Waals surface area contributed by atoms with Crippen molar-refractivity contribution < 1.29 is 14.7 Å². The highest BCUT2D eigenvalue weighted by atomic mass is 16.3. The van der Waals surface area contributed by atoms with Crippen LogP contribution in [0.2, 0.25) is 0 Å². The highest BCUT2D eigenvalue weighted by Gasteiger charge is 2.35. The van der Waals surface area contributed by atoms with Gasteiger partial charge in [0.2, 0.25) is 0 Å². The zero-order chi connectivity index (χ0) is 20.8. The number of amides is 2. The molecule has 5 rings (SSSR count). The first-order chi connectivity index (χ1) is 14.6. The third-order valence-electron chi connectivity index (χ3n) is 5.67. The van der Waals surface area contributed by atoms with Gasteiger partial charge in [0.25, 0.3) is 11.8 Å². The van der Waals surface area contributed by atoms with Crippen LogP contribution in [0.5, 0.6) is 0 Å². The second kappa shape index (κ2) is 7.00. The van der Waals surface area contributed by atoms with Gasteiger partial charge < -0.3 is 14.2 Å². The fourth-order valence-electron chi connectivity index (χ4n) is 4.33. The van der Waals surface area contributed by atoms with Crippen molar-refractivity contribution in [1.29, 1.82) is 0 Å². The third-order valence-corrected chi connectivity index (χ3v) is 5.67. The first-order valence-corrected chi connectivity index (χ1v) is 9.96. The largest absolute Gasteiger partial charge is 0.396 e. The molecule has 3 heterocycles. The van der Waals surface area contributed by atoms with E-state index in [4.69, 9.17) is 0 Å². The molecule has 2 aromatic heterocycles. The standard InChI is InChI=1S/C24H21N3O3/c1-15-13-27(20-10-5-2-7-16(15)20)22-21(23(29)25-24(22)30)18-14-26(11-6-12-28)19-9-4-3-8-17(18)19/h2-5,7-10,13-14,28H,6,11-12H2,1H3,(H,25,29,30). The van der Waals surface area contributed by atoms with Gasteiger partial charge in [0.05, 0.1) is 11.1 Å². The van der Waals surface area contributed by atoms with Crippen molar-refractivity contribution in [3.8, 4) is 0 Å². The fraction of sp³-hybridized carbons (Fsp3) is 0.167. The predicted molar refractivity (Wildman–Crippen MR) is 117 cm³/mol. The number of aliphatic hydroxyl groups excluding tert-OH is 1. The number of benzene rings is 2. The summed E-state index contributed by atoms with van der Waals surface area (Å²) in [5.74, 6) is -0.793. The van der Waals surface area contributed by atoms with E-state index in [1.165, 1.54) is 0 Å². The van der Waals surface area contributed by atoms with Gasteiger partial charge in [-0.2, -0.15) is 0 Å². The number of para-hydroxylation sites is 2. The van der Waals surface area contributed by atoms with Crippen LogP contribution in [0, 0.1) is 6.92 Å². The topological polar surface area (TPSA) is 76.3 Å². The number of aromatic nitrogens is 2. The van der Waals surface area contributed by atoms with E-state index in [1.54, 1.807) is 0 Å². The van der Waals surface area contributed by atoms with Crippen LogP contribution in [0.1, 0.15) is 17.5 Å². The molecule has 2 amide bonds. The molecule has 2 aromatic carbocycles. The van der Waals surface area contributed by atoms with Crippen LogP contribution < -0.4 is 5.32 Å². The zero-order valence-corrected chi connectivity index (χ0v) is 16.6. The molecule has 0 atom stereocenters. The Morgan fingerprint density at radius 2 is 1.60 bits per heavy atom. The number of nitrogens with zero attached hydrogens (tertiary/aromatic N) is 2. The van der Waals surface area contributed by atoms with Gasteiger partial charge in [0, 0.05) is 47.4 Å². The summed E-state index contributed by atoms with van der Waals surface area (Å²) in [7, 11) is 0. The zero-order valence-electron chi connectivity index (χ0n) is 16.6. The van der Waals surface area contributed by atoms with Gasteiger partial charge in [-0.25, -0.2) is 0 Å². The van der Waals surface area contributed by atoms with Gasteiger partial charge in [-0.1, -0.05) is 36.4 Å². The molecular formula is C24H21N3O3. The molecular weight excluding hydrogens is 378 g/mol. The first kappa shape index (κ1) is 18.4. The number of aliphatic hydroxyl groups is 1. The summed E-state index contributed by atoms with van der Waals surface area (Å²) in [5, 5.41) is 13.7. The lowest BCUT2D eigenvalue weighted by Gasteiger charge is -2.07. The van der Waals surface area contributed by atoms with E-state index in [1.807, 2.05) is 77.0 Å². The SMILES string of the molecule is Cc1cn(C2=C(c3cn(CCCO)c4ccccc34)C(=O)NC2=O)c2ccccc12. The molecule has 0 saturated carbocycles.